The first kappa shape index (κ1) is 32.5. The van der Waals surface area contributed by atoms with Gasteiger partial charge < -0.3 is 30.1 Å². The largest absolute Gasteiger partial charge is 0.573 e. The zero-order valence-corrected chi connectivity index (χ0v) is 23.7. The third-order valence-electron chi connectivity index (χ3n) is 7.22. The number of benzene rings is 1. The number of pyridine rings is 1. The van der Waals surface area contributed by atoms with Gasteiger partial charge in [0.1, 0.15) is 5.82 Å². The summed E-state index contributed by atoms with van der Waals surface area (Å²) in [6.07, 6.45) is -8.60. The van der Waals surface area contributed by atoms with Crippen molar-refractivity contribution in [3.63, 3.8) is 0 Å². The van der Waals surface area contributed by atoms with Gasteiger partial charge in [-0.05, 0) is 63.8 Å². The molecule has 9 nitrogen and oxygen atoms in total. The SMILES string of the molecule is CC(C)(Oc1ccc(Cl)cc1OC(F)(F)F)C(=O)NC1CC2CCC(C1)N2c1ccc(C(=O)NCC(O)C(F)(F)F)cn1. The molecule has 0 aliphatic carbocycles. The summed E-state index contributed by atoms with van der Waals surface area (Å²) < 4.78 is 85.7. The lowest BCUT2D eigenvalue weighted by atomic mass is 9.96. The molecule has 2 amide bonds. The zero-order valence-electron chi connectivity index (χ0n) is 22.9. The highest BCUT2D eigenvalue weighted by Gasteiger charge is 2.44. The van der Waals surface area contributed by atoms with Gasteiger partial charge in [0.2, 0.25) is 0 Å². The molecule has 16 heteroatoms. The van der Waals surface area contributed by atoms with Crippen molar-refractivity contribution in [3.05, 3.63) is 47.1 Å². The maximum Gasteiger partial charge on any atom is 0.573 e. The van der Waals surface area contributed by atoms with Crippen LogP contribution in [-0.2, 0) is 4.79 Å². The van der Waals surface area contributed by atoms with Crippen LogP contribution < -0.4 is 25.0 Å². The lowest BCUT2D eigenvalue weighted by molar-refractivity contribution is -0.275. The highest BCUT2D eigenvalue weighted by molar-refractivity contribution is 6.30. The van der Waals surface area contributed by atoms with Crippen LogP contribution in [0.25, 0.3) is 0 Å². The molecule has 2 aromatic rings. The van der Waals surface area contributed by atoms with E-state index in [-0.39, 0.29) is 34.5 Å². The first-order valence-corrected chi connectivity index (χ1v) is 13.6. The van der Waals surface area contributed by atoms with Crippen LogP contribution in [0.3, 0.4) is 0 Å². The Labute approximate surface area is 247 Å². The van der Waals surface area contributed by atoms with Crippen molar-refractivity contribution in [3.8, 4) is 11.5 Å². The van der Waals surface area contributed by atoms with Gasteiger partial charge in [0.25, 0.3) is 11.8 Å². The van der Waals surface area contributed by atoms with Crippen molar-refractivity contribution < 1.29 is 50.5 Å². The summed E-state index contributed by atoms with van der Waals surface area (Å²) in [4.78, 5) is 31.8. The molecule has 3 N–H and O–H groups in total. The van der Waals surface area contributed by atoms with E-state index < -0.39 is 48.4 Å². The molecule has 0 radical (unpaired) electrons. The quantitative estimate of drug-likeness (QED) is 0.340. The average Bonchev–Trinajstić information content (AvgIpc) is 3.17. The van der Waals surface area contributed by atoms with Crippen molar-refractivity contribution >= 4 is 29.2 Å². The minimum Gasteiger partial charge on any atom is -0.474 e. The number of halogens is 7. The number of aromatic nitrogens is 1. The Bertz CT molecular complexity index is 1310. The third-order valence-corrected chi connectivity index (χ3v) is 7.46. The molecule has 236 valence electrons. The van der Waals surface area contributed by atoms with Crippen molar-refractivity contribution in [2.45, 2.75) is 81.9 Å². The van der Waals surface area contributed by atoms with Gasteiger partial charge in [-0.25, -0.2) is 4.98 Å². The topological polar surface area (TPSA) is 113 Å². The van der Waals surface area contributed by atoms with E-state index in [1.807, 2.05) is 5.32 Å². The van der Waals surface area contributed by atoms with E-state index in [2.05, 4.69) is 19.9 Å². The van der Waals surface area contributed by atoms with E-state index in [4.69, 9.17) is 21.4 Å². The number of rotatable bonds is 9. The summed E-state index contributed by atoms with van der Waals surface area (Å²) >= 11 is 5.80. The van der Waals surface area contributed by atoms with Crippen LogP contribution in [0, 0.1) is 0 Å². The monoisotopic (exact) mass is 638 g/mol. The zero-order chi connectivity index (χ0) is 31.7. The summed E-state index contributed by atoms with van der Waals surface area (Å²) in [7, 11) is 0. The number of fused-ring (bicyclic) bond motifs is 2. The van der Waals surface area contributed by atoms with Gasteiger partial charge >= 0.3 is 12.5 Å². The smallest absolute Gasteiger partial charge is 0.474 e. The molecule has 4 rings (SSSR count). The number of carbonyl (C=O) groups is 2. The fourth-order valence-corrected chi connectivity index (χ4v) is 5.36. The van der Waals surface area contributed by atoms with Crippen molar-refractivity contribution in [1.82, 2.24) is 15.6 Å². The molecule has 3 heterocycles. The van der Waals surface area contributed by atoms with Crippen LogP contribution in [0.1, 0.15) is 49.9 Å². The molecule has 3 unspecified atom stereocenters. The van der Waals surface area contributed by atoms with E-state index >= 15 is 0 Å². The van der Waals surface area contributed by atoms with Crippen LogP contribution in [-0.4, -0.2) is 70.8 Å². The summed E-state index contributed by atoms with van der Waals surface area (Å²) in [6.45, 7) is 1.85. The minimum atomic E-state index is -5.00. The number of aliphatic hydroxyl groups excluding tert-OH is 1. The normalized spacial score (nSPS) is 21.3. The van der Waals surface area contributed by atoms with E-state index in [0.29, 0.717) is 18.7 Å². The van der Waals surface area contributed by atoms with Gasteiger partial charge in [-0.15, -0.1) is 13.2 Å². The lowest BCUT2D eigenvalue weighted by Gasteiger charge is -2.40. The molecule has 2 fully saturated rings. The lowest BCUT2D eigenvalue weighted by Crippen LogP contribution is -2.55. The van der Waals surface area contributed by atoms with Gasteiger partial charge in [0.15, 0.2) is 23.2 Å². The fourth-order valence-electron chi connectivity index (χ4n) is 5.20. The number of aliphatic hydroxyl groups is 1. The molecule has 0 saturated carbocycles. The molecule has 43 heavy (non-hydrogen) atoms. The van der Waals surface area contributed by atoms with Gasteiger partial charge in [-0.1, -0.05) is 11.6 Å². The molecule has 1 aromatic heterocycles. The highest BCUT2D eigenvalue weighted by atomic mass is 35.5. The Morgan fingerprint density at radius 2 is 1.70 bits per heavy atom. The van der Waals surface area contributed by atoms with Crippen molar-refractivity contribution in [2.24, 2.45) is 0 Å². The Morgan fingerprint density at radius 1 is 1.05 bits per heavy atom. The van der Waals surface area contributed by atoms with Crippen molar-refractivity contribution in [2.75, 3.05) is 11.4 Å². The Kier molecular flexibility index (Phi) is 9.26. The molecule has 3 atom stereocenters. The number of alkyl halides is 6. The standard InChI is InChI=1S/C27H29ClF6N4O5/c1-25(2,42-19-7-4-15(28)9-20(19)43-27(32,33)34)24(41)37-16-10-17-5-6-18(11-16)38(17)22-8-3-14(12-35-22)23(40)36-13-21(39)26(29,30)31/h3-4,7-9,12,16-18,21,39H,5-6,10-11,13H2,1-2H3,(H,36,40)(H,37,41). The molecule has 2 aliphatic rings. The van der Waals surface area contributed by atoms with Gasteiger partial charge in [0, 0.05) is 35.4 Å². The number of piperidine rings is 1. The second-order valence-corrected chi connectivity index (χ2v) is 11.3. The predicted molar refractivity (Wildman–Crippen MR) is 142 cm³/mol. The number of nitrogens with one attached hydrogen (secondary N) is 2. The maximum absolute atomic E-state index is 13.2. The van der Waals surface area contributed by atoms with E-state index in [0.717, 1.165) is 18.9 Å². The second kappa shape index (κ2) is 12.3. The number of ether oxygens (including phenoxy) is 2. The third kappa shape index (κ3) is 8.13. The summed E-state index contributed by atoms with van der Waals surface area (Å²) in [5.41, 5.74) is -1.54. The number of hydrogen-bond donors (Lipinski definition) is 3. The molecular weight excluding hydrogens is 610 g/mol. The van der Waals surface area contributed by atoms with Crippen LogP contribution in [0.2, 0.25) is 5.02 Å². The van der Waals surface area contributed by atoms with E-state index in [1.165, 1.54) is 38.2 Å². The van der Waals surface area contributed by atoms with Gasteiger partial charge in [0.05, 0.1) is 12.1 Å². The Balaban J connectivity index is 1.35. The number of hydrogen-bond acceptors (Lipinski definition) is 7. The van der Waals surface area contributed by atoms with E-state index in [1.54, 1.807) is 6.07 Å². The molecular formula is C27H29ClF6N4O5. The minimum absolute atomic E-state index is 0.00903. The Morgan fingerprint density at radius 3 is 2.26 bits per heavy atom. The fraction of sp³-hybridized carbons (Fsp3) is 0.519. The van der Waals surface area contributed by atoms with Crippen LogP contribution in [0.15, 0.2) is 36.5 Å². The van der Waals surface area contributed by atoms with E-state index in [9.17, 15) is 35.9 Å². The molecule has 1 aromatic carbocycles. The number of nitrogens with zero attached hydrogens (tertiary/aromatic N) is 2. The molecule has 2 bridgehead atoms. The van der Waals surface area contributed by atoms with Crippen molar-refractivity contribution in [1.29, 1.82) is 0 Å². The molecule has 2 aliphatic heterocycles. The van der Waals surface area contributed by atoms with Gasteiger partial charge in [-0.3, -0.25) is 9.59 Å². The molecule has 2 saturated heterocycles. The summed E-state index contributed by atoms with van der Waals surface area (Å²) in [5, 5.41) is 14.0. The molecule has 0 spiro atoms. The average molecular weight is 639 g/mol. The first-order valence-electron chi connectivity index (χ1n) is 13.3. The van der Waals surface area contributed by atoms with Crippen LogP contribution in [0.4, 0.5) is 32.2 Å². The van der Waals surface area contributed by atoms with Crippen LogP contribution >= 0.6 is 11.6 Å². The number of amides is 2. The second-order valence-electron chi connectivity index (χ2n) is 10.9. The van der Waals surface area contributed by atoms with Crippen LogP contribution in [0.5, 0.6) is 11.5 Å². The number of anilines is 1. The number of carbonyl (C=O) groups excluding carboxylic acids is 2. The summed E-state index contributed by atoms with van der Waals surface area (Å²) in [6, 6.07) is 6.18. The first-order chi connectivity index (χ1) is 19.9. The predicted octanol–water partition coefficient (Wildman–Crippen LogP) is 4.76. The maximum atomic E-state index is 13.2. The highest BCUT2D eigenvalue weighted by Crippen LogP contribution is 2.40. The van der Waals surface area contributed by atoms with Gasteiger partial charge in [-0.2, -0.15) is 13.2 Å². The Hall–Kier alpha value is -3.46. The summed E-state index contributed by atoms with van der Waals surface area (Å²) in [5.74, 6) is -1.78.